The van der Waals surface area contributed by atoms with Crippen molar-refractivity contribution in [1.82, 2.24) is 4.98 Å². The van der Waals surface area contributed by atoms with E-state index < -0.39 is 0 Å². The molecule has 158 valence electrons. The van der Waals surface area contributed by atoms with Crippen LogP contribution in [0, 0.1) is 0 Å². The molecule has 4 aromatic rings. The van der Waals surface area contributed by atoms with Crippen molar-refractivity contribution in [2.45, 2.75) is 4.90 Å². The monoisotopic (exact) mass is 438 g/mol. The molecule has 0 radical (unpaired) electrons. The van der Waals surface area contributed by atoms with Crippen LogP contribution in [0.5, 0.6) is 0 Å². The number of aromatic nitrogens is 1. The van der Waals surface area contributed by atoms with Crippen molar-refractivity contribution in [2.75, 3.05) is 15.8 Å². The molecule has 1 amide bonds. The van der Waals surface area contributed by atoms with E-state index in [9.17, 15) is 4.79 Å². The van der Waals surface area contributed by atoms with Crippen LogP contribution in [0.25, 0.3) is 17.2 Å². The van der Waals surface area contributed by atoms with Crippen LogP contribution in [0.15, 0.2) is 108 Å². The summed E-state index contributed by atoms with van der Waals surface area (Å²) in [4.78, 5) is 17.6. The van der Waals surface area contributed by atoms with E-state index in [2.05, 4.69) is 51.4 Å². The second kappa shape index (κ2) is 10.3. The number of benzene rings is 3. The van der Waals surface area contributed by atoms with Crippen LogP contribution in [0.1, 0.15) is 5.56 Å². The molecule has 0 aliphatic rings. The second-order valence-corrected chi connectivity index (χ2v) is 7.86. The maximum Gasteiger partial charge on any atom is 0.248 e. The Morgan fingerprint density at radius 2 is 1.56 bits per heavy atom. The highest BCUT2D eigenvalue weighted by molar-refractivity contribution is 8.00. The van der Waals surface area contributed by atoms with Crippen molar-refractivity contribution in [3.05, 3.63) is 109 Å². The first-order valence-corrected chi connectivity index (χ1v) is 10.9. The zero-order chi connectivity index (χ0) is 22.2. The third-order valence-corrected chi connectivity index (χ3v) is 5.49. The number of hydrogen-bond acceptors (Lipinski definition) is 5. The first kappa shape index (κ1) is 21.2. The Bertz CT molecular complexity index is 1210. The van der Waals surface area contributed by atoms with Crippen LogP contribution in [-0.4, -0.2) is 10.9 Å². The Labute approximate surface area is 191 Å². The molecule has 3 aromatic carbocycles. The summed E-state index contributed by atoms with van der Waals surface area (Å²) < 4.78 is 3.24. The predicted molar refractivity (Wildman–Crippen MR) is 134 cm³/mol. The first-order chi connectivity index (χ1) is 15.7. The highest BCUT2D eigenvalue weighted by Crippen LogP contribution is 2.25. The molecule has 4 N–H and O–H groups in total. The Morgan fingerprint density at radius 3 is 2.28 bits per heavy atom. The fourth-order valence-corrected chi connectivity index (χ4v) is 3.59. The van der Waals surface area contributed by atoms with Crippen molar-refractivity contribution in [3.63, 3.8) is 0 Å². The lowest BCUT2D eigenvalue weighted by Crippen LogP contribution is -2.09. The van der Waals surface area contributed by atoms with Crippen LogP contribution in [-0.2, 0) is 4.79 Å². The number of rotatable bonds is 7. The molecule has 5 nitrogen and oxygen atoms in total. The number of hydrogen-bond donors (Lipinski definition) is 3. The van der Waals surface area contributed by atoms with E-state index in [4.69, 9.17) is 5.73 Å². The van der Waals surface area contributed by atoms with Crippen LogP contribution in [0.3, 0.4) is 0 Å². The summed E-state index contributed by atoms with van der Waals surface area (Å²) in [7, 11) is 0. The lowest BCUT2D eigenvalue weighted by molar-refractivity contribution is -0.111. The van der Waals surface area contributed by atoms with Gasteiger partial charge in [0.1, 0.15) is 5.82 Å². The van der Waals surface area contributed by atoms with E-state index in [0.717, 1.165) is 16.3 Å². The van der Waals surface area contributed by atoms with Gasteiger partial charge in [0.2, 0.25) is 5.91 Å². The summed E-state index contributed by atoms with van der Waals surface area (Å²) in [5.41, 5.74) is 10.2. The molecule has 0 bridgehead atoms. The van der Waals surface area contributed by atoms with Crippen LogP contribution < -0.4 is 15.8 Å². The molecule has 0 fully saturated rings. The van der Waals surface area contributed by atoms with Crippen molar-refractivity contribution < 1.29 is 4.79 Å². The van der Waals surface area contributed by atoms with Crippen LogP contribution in [0.4, 0.5) is 17.2 Å². The van der Waals surface area contributed by atoms with Crippen LogP contribution >= 0.6 is 11.9 Å². The molecule has 1 aromatic heterocycles. The van der Waals surface area contributed by atoms with E-state index in [-0.39, 0.29) is 5.91 Å². The van der Waals surface area contributed by atoms with Gasteiger partial charge in [0, 0.05) is 17.2 Å². The third kappa shape index (κ3) is 5.77. The Hall–Kier alpha value is -4.03. The molecular formula is C26H22N4OS. The molecule has 0 aliphatic carbocycles. The summed E-state index contributed by atoms with van der Waals surface area (Å²) in [6.07, 6.45) is 4.88. The van der Waals surface area contributed by atoms with Crippen molar-refractivity contribution in [3.8, 4) is 11.1 Å². The molecule has 0 saturated heterocycles. The summed E-state index contributed by atoms with van der Waals surface area (Å²) in [5, 5.41) is 2.76. The summed E-state index contributed by atoms with van der Waals surface area (Å²) in [5.74, 6) is 0.486. The first-order valence-electron chi connectivity index (χ1n) is 10.1. The van der Waals surface area contributed by atoms with Gasteiger partial charge in [0.05, 0.1) is 11.4 Å². The highest BCUT2D eigenvalue weighted by Gasteiger charge is 2.02. The SMILES string of the molecule is Nc1ccccc1NC(=O)/C=C/c1ccc(NSc2ccc(-c3ccccc3)cc2)nc1. The van der Waals surface area contributed by atoms with Gasteiger partial charge >= 0.3 is 0 Å². The van der Waals surface area contributed by atoms with Crippen LogP contribution in [0.2, 0.25) is 0 Å². The van der Waals surface area contributed by atoms with E-state index in [1.54, 1.807) is 24.4 Å². The lowest BCUT2D eigenvalue weighted by atomic mass is 10.1. The lowest BCUT2D eigenvalue weighted by Gasteiger charge is -2.07. The van der Waals surface area contributed by atoms with E-state index in [1.807, 2.05) is 42.5 Å². The number of nitrogens with zero attached hydrogens (tertiary/aromatic N) is 1. The number of nitrogens with two attached hydrogens (primary N) is 1. The Morgan fingerprint density at radius 1 is 0.844 bits per heavy atom. The second-order valence-electron chi connectivity index (χ2n) is 6.98. The van der Waals surface area contributed by atoms with Gasteiger partial charge in [-0.1, -0.05) is 54.6 Å². The van der Waals surface area contributed by atoms with Crippen molar-refractivity contribution in [2.24, 2.45) is 0 Å². The number of carbonyl (C=O) groups is 1. The van der Waals surface area contributed by atoms with Gasteiger partial charge in [0.15, 0.2) is 0 Å². The number of para-hydroxylation sites is 2. The van der Waals surface area contributed by atoms with Crippen molar-refractivity contribution in [1.29, 1.82) is 0 Å². The number of pyridine rings is 1. The maximum atomic E-state index is 12.1. The van der Waals surface area contributed by atoms with Gasteiger partial charge in [-0.2, -0.15) is 0 Å². The zero-order valence-corrected chi connectivity index (χ0v) is 18.0. The molecular weight excluding hydrogens is 416 g/mol. The molecule has 6 heteroatoms. The number of carbonyl (C=O) groups excluding carboxylic acids is 1. The van der Waals surface area contributed by atoms with Gasteiger partial charge in [-0.25, -0.2) is 4.98 Å². The largest absolute Gasteiger partial charge is 0.397 e. The minimum atomic E-state index is -0.250. The summed E-state index contributed by atoms with van der Waals surface area (Å²) in [6, 6.07) is 29.6. The molecule has 1 heterocycles. The van der Waals surface area contributed by atoms with Gasteiger partial charge in [-0.05, 0) is 71.1 Å². The van der Waals surface area contributed by atoms with E-state index in [1.165, 1.54) is 29.2 Å². The Balaban J connectivity index is 1.29. The average molecular weight is 439 g/mol. The van der Waals surface area contributed by atoms with Gasteiger partial charge in [0.25, 0.3) is 0 Å². The minimum Gasteiger partial charge on any atom is -0.397 e. The normalized spacial score (nSPS) is 10.8. The number of nitrogen functional groups attached to an aromatic ring is 1. The van der Waals surface area contributed by atoms with Crippen molar-refractivity contribution >= 4 is 41.1 Å². The molecule has 0 aliphatic heterocycles. The van der Waals surface area contributed by atoms with Gasteiger partial charge in [-0.3, -0.25) is 4.79 Å². The minimum absolute atomic E-state index is 0.250. The molecule has 0 atom stereocenters. The summed E-state index contributed by atoms with van der Waals surface area (Å²) >= 11 is 1.50. The topological polar surface area (TPSA) is 80.0 Å². The molecule has 32 heavy (non-hydrogen) atoms. The van der Waals surface area contributed by atoms with E-state index >= 15 is 0 Å². The van der Waals surface area contributed by atoms with E-state index in [0.29, 0.717) is 11.4 Å². The average Bonchev–Trinajstić information content (AvgIpc) is 2.84. The molecule has 0 spiro atoms. The fourth-order valence-electron chi connectivity index (χ4n) is 2.98. The number of anilines is 3. The molecule has 4 rings (SSSR count). The fraction of sp³-hybridized carbons (Fsp3) is 0. The summed E-state index contributed by atoms with van der Waals surface area (Å²) in [6.45, 7) is 0. The van der Waals surface area contributed by atoms with Gasteiger partial charge < -0.3 is 15.8 Å². The molecule has 0 saturated carbocycles. The smallest absolute Gasteiger partial charge is 0.248 e. The standard InChI is InChI=1S/C26H22N4OS/c27-23-8-4-5-9-24(23)29-26(31)17-11-19-10-16-25(28-18-19)30-32-22-14-12-21(13-15-22)20-6-2-1-3-7-20/h1-18H,27H2,(H,28,30)(H,29,31)/b17-11+. The third-order valence-electron chi connectivity index (χ3n) is 4.67. The highest BCUT2D eigenvalue weighted by atomic mass is 32.2. The quantitative estimate of drug-likeness (QED) is 0.184. The molecule has 0 unspecified atom stereocenters. The predicted octanol–water partition coefficient (Wildman–Crippen LogP) is 6.10. The number of nitrogens with one attached hydrogen (secondary N) is 2. The Kier molecular flexibility index (Phi) is 6.84. The van der Waals surface area contributed by atoms with Gasteiger partial charge in [-0.15, -0.1) is 0 Å². The maximum absolute atomic E-state index is 12.1. The number of amides is 1. The zero-order valence-electron chi connectivity index (χ0n) is 17.2.